The molecule has 0 aromatic heterocycles. The summed E-state index contributed by atoms with van der Waals surface area (Å²) in [7, 11) is 0. The third-order valence-corrected chi connectivity index (χ3v) is 1.10. The molecule has 72 valence electrons. The molecule has 0 radical (unpaired) electrons. The molecule has 7 heteroatoms. The zero-order valence-electron chi connectivity index (χ0n) is 7.28. The van der Waals surface area contributed by atoms with Crippen LogP contribution in [-0.4, -0.2) is 31.4 Å². The maximum atomic E-state index is 10.9. The van der Waals surface area contributed by atoms with E-state index in [0.717, 1.165) is 0 Å². The van der Waals surface area contributed by atoms with Crippen LogP contribution in [0.2, 0.25) is 0 Å². The van der Waals surface area contributed by atoms with Crippen LogP contribution in [-0.2, 0) is 9.59 Å². The number of nitrogens with zero attached hydrogens (tertiary/aromatic N) is 3. The molecule has 2 amide bonds. The van der Waals surface area contributed by atoms with Crippen LogP contribution >= 0.6 is 0 Å². The van der Waals surface area contributed by atoms with E-state index in [1.54, 1.807) is 0 Å². The van der Waals surface area contributed by atoms with E-state index in [9.17, 15) is 9.59 Å². The van der Waals surface area contributed by atoms with E-state index in [1.165, 1.54) is 6.92 Å². The standard InChI is InChI=1S/C6H11N5O2/c1-5(12)9-4-6(13)8-2-3-10-11-7/h2-4H2,1H3,(H,8,13)(H,9,12). The fourth-order valence-corrected chi connectivity index (χ4v) is 0.557. The van der Waals surface area contributed by atoms with E-state index < -0.39 is 0 Å². The van der Waals surface area contributed by atoms with Gasteiger partial charge in [-0.1, -0.05) is 5.11 Å². The molecular weight excluding hydrogens is 174 g/mol. The first-order valence-electron chi connectivity index (χ1n) is 3.69. The highest BCUT2D eigenvalue weighted by Crippen LogP contribution is 1.70. The van der Waals surface area contributed by atoms with E-state index in [-0.39, 0.29) is 31.4 Å². The van der Waals surface area contributed by atoms with Crippen LogP contribution in [0.15, 0.2) is 5.11 Å². The minimum absolute atomic E-state index is 0.0500. The van der Waals surface area contributed by atoms with Crippen LogP contribution < -0.4 is 10.6 Å². The number of nitrogens with one attached hydrogen (secondary N) is 2. The van der Waals surface area contributed by atoms with Crippen LogP contribution in [0.1, 0.15) is 6.92 Å². The maximum absolute atomic E-state index is 10.9. The van der Waals surface area contributed by atoms with Gasteiger partial charge in [-0.3, -0.25) is 9.59 Å². The Morgan fingerprint density at radius 2 is 2.15 bits per heavy atom. The largest absolute Gasteiger partial charge is 0.354 e. The van der Waals surface area contributed by atoms with Gasteiger partial charge in [0.05, 0.1) is 6.54 Å². The summed E-state index contributed by atoms with van der Waals surface area (Å²) in [5, 5.41) is 8.00. The van der Waals surface area contributed by atoms with Crippen molar-refractivity contribution in [1.29, 1.82) is 0 Å². The van der Waals surface area contributed by atoms with Gasteiger partial charge in [-0.2, -0.15) is 0 Å². The molecule has 0 aliphatic heterocycles. The highest BCUT2D eigenvalue weighted by molar-refractivity contribution is 5.83. The van der Waals surface area contributed by atoms with Gasteiger partial charge < -0.3 is 10.6 Å². The third-order valence-electron chi connectivity index (χ3n) is 1.10. The molecule has 0 spiro atoms. The first-order valence-corrected chi connectivity index (χ1v) is 3.69. The summed E-state index contributed by atoms with van der Waals surface area (Å²) < 4.78 is 0. The van der Waals surface area contributed by atoms with E-state index in [2.05, 4.69) is 20.7 Å². The predicted octanol–water partition coefficient (Wildman–Crippen LogP) is -0.451. The van der Waals surface area contributed by atoms with Crippen LogP contribution in [0.25, 0.3) is 10.4 Å². The Labute approximate surface area is 75.1 Å². The molecule has 0 aromatic rings. The molecule has 0 bridgehead atoms. The second kappa shape index (κ2) is 6.93. The highest BCUT2D eigenvalue weighted by Gasteiger charge is 1.99. The number of hydrogen-bond donors (Lipinski definition) is 2. The quantitative estimate of drug-likeness (QED) is 0.262. The fourth-order valence-electron chi connectivity index (χ4n) is 0.557. The minimum Gasteiger partial charge on any atom is -0.354 e. The molecule has 0 heterocycles. The average molecular weight is 185 g/mol. The zero-order chi connectivity index (χ0) is 10.1. The predicted molar refractivity (Wildman–Crippen MR) is 45.7 cm³/mol. The van der Waals surface area contributed by atoms with Crippen molar-refractivity contribution in [1.82, 2.24) is 10.6 Å². The van der Waals surface area contributed by atoms with Gasteiger partial charge in [0.15, 0.2) is 0 Å². The number of carbonyl (C=O) groups is 2. The van der Waals surface area contributed by atoms with Crippen molar-refractivity contribution >= 4 is 11.8 Å². The van der Waals surface area contributed by atoms with Gasteiger partial charge in [-0.25, -0.2) is 0 Å². The minimum atomic E-state index is -0.302. The molecule has 7 nitrogen and oxygen atoms in total. The Hall–Kier alpha value is -1.75. The number of amides is 2. The Kier molecular flexibility index (Phi) is 6.00. The van der Waals surface area contributed by atoms with Crippen LogP contribution in [0.3, 0.4) is 0 Å². The Balaban J connectivity index is 3.40. The number of rotatable bonds is 5. The highest BCUT2D eigenvalue weighted by atomic mass is 16.2. The molecule has 0 aliphatic carbocycles. The first-order chi connectivity index (χ1) is 6.16. The SMILES string of the molecule is CC(=O)NCC(=O)NCCN=[N+]=[N-]. The lowest BCUT2D eigenvalue weighted by atomic mass is 10.5. The zero-order valence-corrected chi connectivity index (χ0v) is 7.28. The van der Waals surface area contributed by atoms with Crippen LogP contribution in [0.4, 0.5) is 0 Å². The molecule has 0 saturated carbocycles. The summed E-state index contributed by atoms with van der Waals surface area (Å²) in [5.41, 5.74) is 7.90. The summed E-state index contributed by atoms with van der Waals surface area (Å²) >= 11 is 0. The van der Waals surface area contributed by atoms with Crippen molar-refractivity contribution in [2.75, 3.05) is 19.6 Å². The topological polar surface area (TPSA) is 107 Å². The van der Waals surface area contributed by atoms with Gasteiger partial charge >= 0.3 is 0 Å². The number of hydrogen-bond acceptors (Lipinski definition) is 3. The monoisotopic (exact) mass is 185 g/mol. The van der Waals surface area contributed by atoms with Crippen molar-refractivity contribution in [3.05, 3.63) is 10.4 Å². The molecular formula is C6H11N5O2. The van der Waals surface area contributed by atoms with E-state index in [1.807, 2.05) is 0 Å². The third kappa shape index (κ3) is 8.15. The van der Waals surface area contributed by atoms with Gasteiger partial charge in [0, 0.05) is 24.9 Å². The lowest BCUT2D eigenvalue weighted by Gasteiger charge is -2.02. The Morgan fingerprint density at radius 1 is 1.46 bits per heavy atom. The number of carbonyl (C=O) groups excluding carboxylic acids is 2. The second-order valence-corrected chi connectivity index (χ2v) is 2.21. The van der Waals surface area contributed by atoms with Gasteiger partial charge in [-0.15, -0.1) is 0 Å². The molecule has 0 rings (SSSR count). The fraction of sp³-hybridized carbons (Fsp3) is 0.667. The van der Waals surface area contributed by atoms with Crippen molar-refractivity contribution < 1.29 is 9.59 Å². The van der Waals surface area contributed by atoms with Gasteiger partial charge in [0.2, 0.25) is 11.8 Å². The summed E-state index contributed by atoms with van der Waals surface area (Å²) in [4.78, 5) is 23.7. The molecule has 2 N–H and O–H groups in total. The normalized spacial score (nSPS) is 8.38. The van der Waals surface area contributed by atoms with Gasteiger partial charge in [-0.05, 0) is 5.53 Å². The van der Waals surface area contributed by atoms with Gasteiger partial charge in [0.1, 0.15) is 0 Å². The molecule has 0 unspecified atom stereocenters. The van der Waals surface area contributed by atoms with Crippen molar-refractivity contribution in [2.24, 2.45) is 5.11 Å². The lowest BCUT2D eigenvalue weighted by Crippen LogP contribution is -2.36. The van der Waals surface area contributed by atoms with Crippen LogP contribution in [0.5, 0.6) is 0 Å². The van der Waals surface area contributed by atoms with E-state index in [0.29, 0.717) is 0 Å². The lowest BCUT2D eigenvalue weighted by molar-refractivity contribution is -0.124. The molecule has 13 heavy (non-hydrogen) atoms. The molecule has 0 atom stereocenters. The van der Waals surface area contributed by atoms with E-state index >= 15 is 0 Å². The summed E-state index contributed by atoms with van der Waals surface area (Å²) in [6.07, 6.45) is 0. The molecule has 0 aromatic carbocycles. The smallest absolute Gasteiger partial charge is 0.239 e. The summed E-state index contributed by atoms with van der Waals surface area (Å²) in [6, 6.07) is 0. The van der Waals surface area contributed by atoms with Crippen molar-refractivity contribution in [3.63, 3.8) is 0 Å². The van der Waals surface area contributed by atoms with E-state index in [4.69, 9.17) is 5.53 Å². The Morgan fingerprint density at radius 3 is 2.69 bits per heavy atom. The molecule has 0 aliphatic rings. The summed E-state index contributed by atoms with van der Waals surface area (Å²) in [5.74, 6) is -0.562. The molecule has 0 fully saturated rings. The molecule has 0 saturated heterocycles. The first kappa shape index (κ1) is 11.2. The van der Waals surface area contributed by atoms with Crippen molar-refractivity contribution in [3.8, 4) is 0 Å². The van der Waals surface area contributed by atoms with Gasteiger partial charge in [0.25, 0.3) is 0 Å². The number of azide groups is 1. The van der Waals surface area contributed by atoms with Crippen LogP contribution in [0, 0.1) is 0 Å². The second-order valence-electron chi connectivity index (χ2n) is 2.21. The maximum Gasteiger partial charge on any atom is 0.239 e. The summed E-state index contributed by atoms with van der Waals surface area (Å²) in [6.45, 7) is 1.77. The average Bonchev–Trinajstić information content (AvgIpc) is 2.09. The Bertz CT molecular complexity index is 233. The van der Waals surface area contributed by atoms with Crippen molar-refractivity contribution in [2.45, 2.75) is 6.92 Å².